The van der Waals surface area contributed by atoms with E-state index in [1.165, 1.54) is 0 Å². The second-order valence-corrected chi connectivity index (χ2v) is 5.50. The molecule has 1 N–H and O–H groups in total. The van der Waals surface area contributed by atoms with Gasteiger partial charge in [-0.3, -0.25) is 4.79 Å². The molecule has 1 heterocycles. The Balaban J connectivity index is 2.61. The Hall–Kier alpha value is -0.570. The molecule has 1 amide bonds. The van der Waals surface area contributed by atoms with Crippen molar-refractivity contribution in [3.05, 3.63) is 0 Å². The maximum Gasteiger partial charge on any atom is 0.239 e. The standard InChI is InChI=1S/C15H30N2O/c1-5-10-16-14-9-8-11-17(15(14)18)12(4)13(6-2)7-3/h12-14,16H,5-11H2,1-4H3. The molecule has 1 saturated heterocycles. The van der Waals surface area contributed by atoms with Crippen LogP contribution in [0.2, 0.25) is 0 Å². The fraction of sp³-hybridized carbons (Fsp3) is 0.933. The molecular weight excluding hydrogens is 224 g/mol. The number of nitrogens with one attached hydrogen (secondary N) is 1. The number of hydrogen-bond donors (Lipinski definition) is 1. The first-order valence-corrected chi connectivity index (χ1v) is 7.69. The highest BCUT2D eigenvalue weighted by atomic mass is 16.2. The largest absolute Gasteiger partial charge is 0.338 e. The van der Waals surface area contributed by atoms with Crippen LogP contribution in [0.25, 0.3) is 0 Å². The summed E-state index contributed by atoms with van der Waals surface area (Å²) in [5.41, 5.74) is 0. The van der Waals surface area contributed by atoms with E-state index in [9.17, 15) is 4.79 Å². The van der Waals surface area contributed by atoms with Crippen molar-refractivity contribution < 1.29 is 4.79 Å². The molecule has 1 fully saturated rings. The third-order valence-corrected chi connectivity index (χ3v) is 4.34. The van der Waals surface area contributed by atoms with Gasteiger partial charge < -0.3 is 10.2 Å². The summed E-state index contributed by atoms with van der Waals surface area (Å²) < 4.78 is 0. The predicted molar refractivity (Wildman–Crippen MR) is 76.6 cm³/mol. The first-order valence-electron chi connectivity index (χ1n) is 7.69. The van der Waals surface area contributed by atoms with Gasteiger partial charge in [-0.1, -0.05) is 33.6 Å². The van der Waals surface area contributed by atoms with Crippen LogP contribution in [0.15, 0.2) is 0 Å². The molecule has 3 nitrogen and oxygen atoms in total. The van der Waals surface area contributed by atoms with E-state index >= 15 is 0 Å². The summed E-state index contributed by atoms with van der Waals surface area (Å²) >= 11 is 0. The van der Waals surface area contributed by atoms with Crippen LogP contribution in [0.1, 0.15) is 59.8 Å². The Bertz CT molecular complexity index is 251. The van der Waals surface area contributed by atoms with Crippen LogP contribution in [0, 0.1) is 5.92 Å². The smallest absolute Gasteiger partial charge is 0.239 e. The molecule has 2 unspecified atom stereocenters. The third-order valence-electron chi connectivity index (χ3n) is 4.34. The second-order valence-electron chi connectivity index (χ2n) is 5.50. The monoisotopic (exact) mass is 254 g/mol. The van der Waals surface area contributed by atoms with Gasteiger partial charge in [0.25, 0.3) is 0 Å². The molecule has 0 aromatic rings. The lowest BCUT2D eigenvalue weighted by atomic mass is 9.91. The average Bonchev–Trinajstić information content (AvgIpc) is 2.39. The van der Waals surface area contributed by atoms with Crippen molar-refractivity contribution in [3.8, 4) is 0 Å². The number of carbonyl (C=O) groups excluding carboxylic acids is 1. The Labute approximate surface area is 112 Å². The molecule has 0 aromatic carbocycles. The lowest BCUT2D eigenvalue weighted by molar-refractivity contribution is -0.139. The van der Waals surface area contributed by atoms with Gasteiger partial charge >= 0.3 is 0 Å². The van der Waals surface area contributed by atoms with Crippen LogP contribution in [0.5, 0.6) is 0 Å². The first kappa shape index (κ1) is 15.5. The minimum Gasteiger partial charge on any atom is -0.338 e. The van der Waals surface area contributed by atoms with Crippen molar-refractivity contribution >= 4 is 5.91 Å². The zero-order valence-electron chi connectivity index (χ0n) is 12.5. The molecule has 1 aliphatic heterocycles. The lowest BCUT2D eigenvalue weighted by Gasteiger charge is -2.40. The molecule has 0 radical (unpaired) electrons. The van der Waals surface area contributed by atoms with Crippen molar-refractivity contribution in [2.75, 3.05) is 13.1 Å². The number of piperidine rings is 1. The number of nitrogens with zero attached hydrogens (tertiary/aromatic N) is 1. The molecule has 0 saturated carbocycles. The van der Waals surface area contributed by atoms with Crippen LogP contribution in [0.3, 0.4) is 0 Å². The third kappa shape index (κ3) is 3.71. The summed E-state index contributed by atoms with van der Waals surface area (Å²) in [4.78, 5) is 14.6. The highest BCUT2D eigenvalue weighted by Crippen LogP contribution is 2.23. The minimum atomic E-state index is 0.0653. The Morgan fingerprint density at radius 3 is 2.56 bits per heavy atom. The molecule has 106 valence electrons. The summed E-state index contributed by atoms with van der Waals surface area (Å²) in [5.74, 6) is 0.966. The maximum absolute atomic E-state index is 12.5. The van der Waals surface area contributed by atoms with E-state index in [0.717, 1.165) is 45.2 Å². The van der Waals surface area contributed by atoms with Gasteiger partial charge in [0.05, 0.1) is 6.04 Å². The van der Waals surface area contributed by atoms with E-state index in [1.807, 2.05) is 0 Å². The van der Waals surface area contributed by atoms with E-state index in [0.29, 0.717) is 17.9 Å². The van der Waals surface area contributed by atoms with Gasteiger partial charge in [0, 0.05) is 12.6 Å². The van der Waals surface area contributed by atoms with Gasteiger partial charge in [-0.15, -0.1) is 0 Å². The topological polar surface area (TPSA) is 32.3 Å². The summed E-state index contributed by atoms with van der Waals surface area (Å²) in [6, 6.07) is 0.453. The van der Waals surface area contributed by atoms with E-state index < -0.39 is 0 Å². The van der Waals surface area contributed by atoms with Gasteiger partial charge in [0.1, 0.15) is 0 Å². The van der Waals surface area contributed by atoms with Gasteiger partial charge in [-0.2, -0.15) is 0 Å². The summed E-state index contributed by atoms with van der Waals surface area (Å²) in [6.07, 6.45) is 5.55. The predicted octanol–water partition coefficient (Wildman–Crippen LogP) is 2.80. The molecule has 0 spiro atoms. The minimum absolute atomic E-state index is 0.0653. The Morgan fingerprint density at radius 1 is 1.33 bits per heavy atom. The fourth-order valence-electron chi connectivity index (χ4n) is 3.04. The number of rotatable bonds is 7. The number of likely N-dealkylation sites (tertiary alicyclic amines) is 1. The van der Waals surface area contributed by atoms with E-state index in [1.54, 1.807) is 0 Å². The van der Waals surface area contributed by atoms with Crippen LogP contribution in [-0.2, 0) is 4.79 Å². The van der Waals surface area contributed by atoms with Crippen LogP contribution >= 0.6 is 0 Å². The Kier molecular flexibility index (Phi) is 6.69. The molecule has 2 atom stereocenters. The quantitative estimate of drug-likeness (QED) is 0.757. The van der Waals surface area contributed by atoms with Gasteiger partial charge in [-0.05, 0) is 38.6 Å². The molecule has 3 heteroatoms. The van der Waals surface area contributed by atoms with E-state index in [4.69, 9.17) is 0 Å². The molecule has 1 aliphatic rings. The number of amides is 1. The van der Waals surface area contributed by atoms with Crippen molar-refractivity contribution in [3.63, 3.8) is 0 Å². The van der Waals surface area contributed by atoms with Crippen molar-refractivity contribution in [2.24, 2.45) is 5.92 Å². The number of hydrogen-bond acceptors (Lipinski definition) is 2. The Morgan fingerprint density at radius 2 is 2.00 bits per heavy atom. The van der Waals surface area contributed by atoms with Crippen molar-refractivity contribution in [1.82, 2.24) is 10.2 Å². The van der Waals surface area contributed by atoms with Gasteiger partial charge in [0.2, 0.25) is 5.91 Å². The van der Waals surface area contributed by atoms with Gasteiger partial charge in [0.15, 0.2) is 0 Å². The summed E-state index contributed by atoms with van der Waals surface area (Å²) in [7, 11) is 0. The zero-order valence-corrected chi connectivity index (χ0v) is 12.5. The van der Waals surface area contributed by atoms with Crippen LogP contribution in [-0.4, -0.2) is 36.0 Å². The molecule has 0 aromatic heterocycles. The molecule has 0 bridgehead atoms. The zero-order chi connectivity index (χ0) is 13.5. The average molecular weight is 254 g/mol. The molecule has 18 heavy (non-hydrogen) atoms. The molecule has 1 rings (SSSR count). The summed E-state index contributed by atoms with van der Waals surface area (Å²) in [6.45, 7) is 10.7. The maximum atomic E-state index is 12.5. The van der Waals surface area contributed by atoms with Crippen molar-refractivity contribution in [2.45, 2.75) is 71.9 Å². The second kappa shape index (κ2) is 7.78. The van der Waals surface area contributed by atoms with Crippen LogP contribution < -0.4 is 5.32 Å². The first-order chi connectivity index (χ1) is 8.65. The van der Waals surface area contributed by atoms with Gasteiger partial charge in [-0.25, -0.2) is 0 Å². The number of carbonyl (C=O) groups is 1. The summed E-state index contributed by atoms with van der Waals surface area (Å²) in [5, 5.41) is 3.39. The highest BCUT2D eigenvalue weighted by Gasteiger charge is 2.33. The fourth-order valence-corrected chi connectivity index (χ4v) is 3.04. The lowest BCUT2D eigenvalue weighted by Crippen LogP contribution is -2.55. The van der Waals surface area contributed by atoms with E-state index in [2.05, 4.69) is 37.9 Å². The SMILES string of the molecule is CCCNC1CCCN(C(C)C(CC)CC)C1=O. The van der Waals surface area contributed by atoms with Crippen molar-refractivity contribution in [1.29, 1.82) is 0 Å². The highest BCUT2D eigenvalue weighted by molar-refractivity contribution is 5.82. The van der Waals surface area contributed by atoms with Crippen LogP contribution in [0.4, 0.5) is 0 Å². The molecule has 0 aliphatic carbocycles. The normalized spacial score (nSPS) is 22.6. The van der Waals surface area contributed by atoms with E-state index in [-0.39, 0.29) is 6.04 Å². The molecular formula is C15H30N2O.